The van der Waals surface area contributed by atoms with Gasteiger partial charge in [-0.3, -0.25) is 4.79 Å². The Labute approximate surface area is 140 Å². The third-order valence-electron chi connectivity index (χ3n) is 2.45. The van der Waals surface area contributed by atoms with E-state index in [1.54, 1.807) is 30.3 Å². The van der Waals surface area contributed by atoms with Gasteiger partial charge in [-0.1, -0.05) is 41.4 Å². The summed E-state index contributed by atoms with van der Waals surface area (Å²) in [5.74, 6) is -0.267. The number of rotatable bonds is 3. The van der Waals surface area contributed by atoms with Crippen molar-refractivity contribution in [2.45, 2.75) is 0 Å². The zero-order chi connectivity index (χ0) is 14.5. The minimum atomic E-state index is -0.267. The highest BCUT2D eigenvalue weighted by molar-refractivity contribution is 14.1. The third-order valence-corrected chi connectivity index (χ3v) is 3.95. The van der Waals surface area contributed by atoms with Crippen LogP contribution in [0, 0.1) is 3.57 Å². The van der Waals surface area contributed by atoms with Gasteiger partial charge in [-0.25, -0.2) is 5.43 Å². The molecule has 2 rings (SSSR count). The molecule has 0 aromatic heterocycles. The van der Waals surface area contributed by atoms with Crippen molar-refractivity contribution in [1.82, 2.24) is 5.43 Å². The van der Waals surface area contributed by atoms with Crippen LogP contribution < -0.4 is 5.43 Å². The molecule has 0 aliphatic carbocycles. The zero-order valence-electron chi connectivity index (χ0n) is 10.1. The highest BCUT2D eigenvalue weighted by Crippen LogP contribution is 2.19. The summed E-state index contributed by atoms with van der Waals surface area (Å²) in [6.45, 7) is 0. The van der Waals surface area contributed by atoms with Crippen LogP contribution in [0.1, 0.15) is 15.9 Å². The van der Waals surface area contributed by atoms with Crippen LogP contribution in [0.2, 0.25) is 10.0 Å². The predicted octanol–water partition coefficient (Wildman–Crippen LogP) is 4.36. The minimum absolute atomic E-state index is 0.267. The highest BCUT2D eigenvalue weighted by atomic mass is 127. The maximum atomic E-state index is 11.9. The first-order valence-corrected chi connectivity index (χ1v) is 7.44. The van der Waals surface area contributed by atoms with E-state index in [2.05, 4.69) is 33.1 Å². The molecule has 0 aliphatic rings. The Morgan fingerprint density at radius 3 is 2.65 bits per heavy atom. The molecular weight excluding hydrogens is 410 g/mol. The van der Waals surface area contributed by atoms with Crippen molar-refractivity contribution in [3.8, 4) is 0 Å². The summed E-state index contributed by atoms with van der Waals surface area (Å²) in [6.07, 6.45) is 1.48. The molecule has 0 aliphatic heterocycles. The molecule has 0 radical (unpaired) electrons. The molecule has 0 fully saturated rings. The molecular formula is C14H9Cl2IN2O. The first-order chi connectivity index (χ1) is 9.58. The van der Waals surface area contributed by atoms with Gasteiger partial charge in [-0.2, -0.15) is 5.10 Å². The van der Waals surface area contributed by atoms with Crippen LogP contribution in [-0.2, 0) is 0 Å². The topological polar surface area (TPSA) is 41.5 Å². The van der Waals surface area contributed by atoms with Crippen LogP contribution in [0.15, 0.2) is 47.6 Å². The normalized spacial score (nSPS) is 10.8. The molecule has 2 aromatic carbocycles. The molecule has 0 atom stereocenters. The van der Waals surface area contributed by atoms with Crippen molar-refractivity contribution < 1.29 is 4.79 Å². The van der Waals surface area contributed by atoms with Crippen LogP contribution >= 0.6 is 45.8 Å². The quantitative estimate of drug-likeness (QED) is 0.449. The van der Waals surface area contributed by atoms with E-state index >= 15 is 0 Å². The van der Waals surface area contributed by atoms with E-state index in [1.807, 2.05) is 12.1 Å². The number of nitrogens with zero attached hydrogens (tertiary/aromatic N) is 1. The fourth-order valence-electron chi connectivity index (χ4n) is 1.47. The summed E-state index contributed by atoms with van der Waals surface area (Å²) >= 11 is 13.9. The molecule has 0 spiro atoms. The summed E-state index contributed by atoms with van der Waals surface area (Å²) in [4.78, 5) is 11.9. The number of nitrogens with one attached hydrogen (secondary N) is 1. The average molecular weight is 419 g/mol. The number of amides is 1. The SMILES string of the molecule is O=C(N/N=C/c1ccc(Cl)cc1Cl)c1ccccc1I. The van der Waals surface area contributed by atoms with E-state index in [9.17, 15) is 4.79 Å². The lowest BCUT2D eigenvalue weighted by Crippen LogP contribution is -2.18. The summed E-state index contributed by atoms with van der Waals surface area (Å²) in [6, 6.07) is 12.3. The number of benzene rings is 2. The van der Waals surface area contributed by atoms with Crippen LogP contribution in [0.5, 0.6) is 0 Å². The summed E-state index contributed by atoms with van der Waals surface area (Å²) in [5, 5.41) is 4.92. The molecule has 1 amide bonds. The second-order valence-electron chi connectivity index (χ2n) is 3.84. The molecule has 0 unspecified atom stereocenters. The fraction of sp³-hybridized carbons (Fsp3) is 0. The second-order valence-corrected chi connectivity index (χ2v) is 5.85. The molecule has 0 saturated heterocycles. The number of halogens is 3. The van der Waals surface area contributed by atoms with E-state index < -0.39 is 0 Å². The van der Waals surface area contributed by atoms with Gasteiger partial charge in [0.2, 0.25) is 0 Å². The van der Waals surface area contributed by atoms with Crippen LogP contribution in [0.4, 0.5) is 0 Å². The van der Waals surface area contributed by atoms with E-state index in [4.69, 9.17) is 23.2 Å². The van der Waals surface area contributed by atoms with Gasteiger partial charge in [0, 0.05) is 14.2 Å². The Bertz CT molecular complexity index is 674. The molecule has 102 valence electrons. The lowest BCUT2D eigenvalue weighted by molar-refractivity contribution is 0.0954. The highest BCUT2D eigenvalue weighted by Gasteiger charge is 2.07. The first-order valence-electron chi connectivity index (χ1n) is 5.61. The second kappa shape index (κ2) is 7.06. The molecule has 6 heteroatoms. The van der Waals surface area contributed by atoms with Crippen LogP contribution in [-0.4, -0.2) is 12.1 Å². The van der Waals surface area contributed by atoms with Gasteiger partial charge in [-0.15, -0.1) is 0 Å². The maximum Gasteiger partial charge on any atom is 0.272 e. The van der Waals surface area contributed by atoms with Crippen molar-refractivity contribution in [3.05, 3.63) is 67.2 Å². The average Bonchev–Trinajstić information content (AvgIpc) is 2.41. The predicted molar refractivity (Wildman–Crippen MR) is 90.7 cm³/mol. The van der Waals surface area contributed by atoms with Crippen molar-refractivity contribution in [3.63, 3.8) is 0 Å². The van der Waals surface area contributed by atoms with Crippen LogP contribution in [0.3, 0.4) is 0 Å². The number of hydrazone groups is 1. The minimum Gasteiger partial charge on any atom is -0.267 e. The zero-order valence-corrected chi connectivity index (χ0v) is 13.8. The summed E-state index contributed by atoms with van der Waals surface area (Å²) < 4.78 is 0.863. The van der Waals surface area contributed by atoms with Crippen molar-refractivity contribution in [1.29, 1.82) is 0 Å². The van der Waals surface area contributed by atoms with E-state index in [1.165, 1.54) is 6.21 Å². The third kappa shape index (κ3) is 3.94. The van der Waals surface area contributed by atoms with E-state index in [0.717, 1.165) is 3.57 Å². The number of carbonyl (C=O) groups excluding carboxylic acids is 1. The Morgan fingerprint density at radius 1 is 1.20 bits per heavy atom. The van der Waals surface area contributed by atoms with Gasteiger partial charge in [-0.05, 0) is 46.9 Å². The molecule has 0 bridgehead atoms. The van der Waals surface area contributed by atoms with Crippen molar-refractivity contribution >= 4 is 57.9 Å². The molecule has 0 heterocycles. The van der Waals surface area contributed by atoms with E-state index in [-0.39, 0.29) is 5.91 Å². The largest absolute Gasteiger partial charge is 0.272 e. The summed E-state index contributed by atoms with van der Waals surface area (Å²) in [5.41, 5.74) is 3.72. The Balaban J connectivity index is 2.07. The van der Waals surface area contributed by atoms with Gasteiger partial charge in [0.15, 0.2) is 0 Å². The van der Waals surface area contributed by atoms with Gasteiger partial charge < -0.3 is 0 Å². The molecule has 2 aromatic rings. The number of hydrogen-bond acceptors (Lipinski definition) is 2. The van der Waals surface area contributed by atoms with E-state index in [0.29, 0.717) is 21.2 Å². The Hall–Kier alpha value is -1.11. The lowest BCUT2D eigenvalue weighted by Gasteiger charge is -2.02. The van der Waals surface area contributed by atoms with Gasteiger partial charge >= 0.3 is 0 Å². The number of carbonyl (C=O) groups is 1. The molecule has 3 nitrogen and oxygen atoms in total. The fourth-order valence-corrected chi connectivity index (χ4v) is 2.56. The van der Waals surface area contributed by atoms with Crippen LogP contribution in [0.25, 0.3) is 0 Å². The molecule has 0 saturated carbocycles. The Kier molecular flexibility index (Phi) is 5.39. The van der Waals surface area contributed by atoms with Crippen molar-refractivity contribution in [2.75, 3.05) is 0 Å². The van der Waals surface area contributed by atoms with Gasteiger partial charge in [0.05, 0.1) is 16.8 Å². The first kappa shape index (κ1) is 15.3. The standard InChI is InChI=1S/C14H9Cl2IN2O/c15-10-6-5-9(12(16)7-10)8-18-19-14(20)11-3-1-2-4-13(11)17/h1-8H,(H,19,20)/b18-8+. The summed E-state index contributed by atoms with van der Waals surface area (Å²) in [7, 11) is 0. The molecule has 20 heavy (non-hydrogen) atoms. The van der Waals surface area contributed by atoms with Gasteiger partial charge in [0.25, 0.3) is 5.91 Å². The molecule has 1 N–H and O–H groups in total. The monoisotopic (exact) mass is 418 g/mol. The van der Waals surface area contributed by atoms with Crippen molar-refractivity contribution in [2.24, 2.45) is 5.10 Å². The van der Waals surface area contributed by atoms with Gasteiger partial charge in [0.1, 0.15) is 0 Å². The Morgan fingerprint density at radius 2 is 1.95 bits per heavy atom. The lowest BCUT2D eigenvalue weighted by atomic mass is 10.2. The number of hydrogen-bond donors (Lipinski definition) is 1. The smallest absolute Gasteiger partial charge is 0.267 e. The maximum absolute atomic E-state index is 11.9.